The number of Topliss-reactive ketones (excluding diaryl/α,β-unsaturated/α-hetero) is 1. The van der Waals surface area contributed by atoms with Gasteiger partial charge in [-0.25, -0.2) is 8.42 Å². The molecule has 0 spiro atoms. The normalized spacial score (nSPS) is 25.6. The molecule has 0 bridgehead atoms. The first kappa shape index (κ1) is 19.6. The van der Waals surface area contributed by atoms with Crippen molar-refractivity contribution in [1.29, 1.82) is 0 Å². The Morgan fingerprint density at radius 2 is 2.00 bits per heavy atom. The molecule has 2 aliphatic rings. The molecule has 1 aliphatic carbocycles. The fourth-order valence-corrected chi connectivity index (χ4v) is 5.54. The number of halogens is 4. The molecule has 0 radical (unpaired) electrons. The Morgan fingerprint density at radius 1 is 1.27 bits per heavy atom. The van der Waals surface area contributed by atoms with Crippen molar-refractivity contribution in [3.8, 4) is 0 Å². The van der Waals surface area contributed by atoms with Crippen LogP contribution in [-0.4, -0.2) is 44.3 Å². The molecule has 1 aromatic rings. The molecule has 144 valence electrons. The van der Waals surface area contributed by atoms with Gasteiger partial charge in [0.15, 0.2) is 0 Å². The molecule has 1 aromatic carbocycles. The van der Waals surface area contributed by atoms with Crippen LogP contribution in [-0.2, 0) is 25.7 Å². The number of ether oxygens (including phenoxy) is 1. The lowest BCUT2D eigenvalue weighted by Gasteiger charge is -2.37. The maximum absolute atomic E-state index is 13.4. The van der Waals surface area contributed by atoms with Gasteiger partial charge in [-0.3, -0.25) is 4.79 Å². The molecular formula is C16H17ClF3NO4S. The molecular weight excluding hydrogens is 395 g/mol. The average molecular weight is 412 g/mol. The number of nitrogens with zero attached hydrogens (tertiary/aromatic N) is 1. The highest BCUT2D eigenvalue weighted by atomic mass is 35.5. The summed E-state index contributed by atoms with van der Waals surface area (Å²) in [5, 5.41) is -0.208. The van der Waals surface area contributed by atoms with E-state index in [0.717, 1.165) is 16.4 Å². The Labute approximate surface area is 154 Å². The number of carbonyl (C=O) groups excluding carboxylic acids is 1. The number of morpholine rings is 1. The van der Waals surface area contributed by atoms with Crippen LogP contribution in [0.4, 0.5) is 13.2 Å². The third kappa shape index (κ3) is 3.62. The third-order valence-electron chi connectivity index (χ3n) is 4.76. The number of benzene rings is 1. The Hall–Kier alpha value is -1.16. The van der Waals surface area contributed by atoms with Crippen LogP contribution in [0.1, 0.15) is 24.8 Å². The van der Waals surface area contributed by atoms with E-state index in [1.807, 2.05) is 0 Å². The van der Waals surface area contributed by atoms with Gasteiger partial charge in [0.05, 0.1) is 29.7 Å². The number of rotatable bonds is 3. The standard InChI is InChI=1S/C16H17ClF3NO4S/c17-10-4-5-15(12(8-10)16(18,19)20)26(23,24)21-6-7-25-9-13(21)11-2-1-3-14(11)22/h4-5,8,11,13H,1-3,6-7,9H2/t11-,13-/m0/s1. The van der Waals surface area contributed by atoms with E-state index >= 15 is 0 Å². The minimum atomic E-state index is -4.88. The van der Waals surface area contributed by atoms with Crippen molar-refractivity contribution in [2.45, 2.75) is 36.4 Å². The second-order valence-electron chi connectivity index (χ2n) is 6.36. The molecule has 1 saturated carbocycles. The molecule has 1 saturated heterocycles. The summed E-state index contributed by atoms with van der Waals surface area (Å²) < 4.78 is 72.5. The molecule has 3 rings (SSSR count). The Bertz CT molecular complexity index is 812. The molecule has 10 heteroatoms. The van der Waals surface area contributed by atoms with Gasteiger partial charge in [-0.05, 0) is 31.0 Å². The van der Waals surface area contributed by atoms with E-state index in [1.165, 1.54) is 0 Å². The van der Waals surface area contributed by atoms with Crippen molar-refractivity contribution in [3.05, 3.63) is 28.8 Å². The Balaban J connectivity index is 2.05. The van der Waals surface area contributed by atoms with E-state index in [4.69, 9.17) is 16.3 Å². The molecule has 5 nitrogen and oxygen atoms in total. The Kier molecular flexibility index (Phi) is 5.35. The average Bonchev–Trinajstić information content (AvgIpc) is 2.99. The predicted molar refractivity (Wildman–Crippen MR) is 87.3 cm³/mol. The van der Waals surface area contributed by atoms with Crippen molar-refractivity contribution in [3.63, 3.8) is 0 Å². The van der Waals surface area contributed by atoms with Gasteiger partial charge in [-0.15, -0.1) is 0 Å². The van der Waals surface area contributed by atoms with E-state index in [0.29, 0.717) is 25.3 Å². The minimum Gasteiger partial charge on any atom is -0.378 e. The van der Waals surface area contributed by atoms with Crippen molar-refractivity contribution in [2.24, 2.45) is 5.92 Å². The first-order valence-corrected chi connectivity index (χ1v) is 9.93. The van der Waals surface area contributed by atoms with Crippen LogP contribution in [0.5, 0.6) is 0 Å². The summed E-state index contributed by atoms with van der Waals surface area (Å²) in [5.41, 5.74) is -1.31. The molecule has 1 heterocycles. The summed E-state index contributed by atoms with van der Waals surface area (Å²) in [5.74, 6) is -0.625. The maximum Gasteiger partial charge on any atom is 0.417 e. The molecule has 2 fully saturated rings. The molecule has 0 N–H and O–H groups in total. The van der Waals surface area contributed by atoms with Gasteiger partial charge in [0.2, 0.25) is 10.0 Å². The largest absolute Gasteiger partial charge is 0.417 e. The first-order valence-electron chi connectivity index (χ1n) is 8.11. The maximum atomic E-state index is 13.4. The fraction of sp³-hybridized carbons (Fsp3) is 0.562. The van der Waals surface area contributed by atoms with Crippen molar-refractivity contribution in [1.82, 2.24) is 4.31 Å². The van der Waals surface area contributed by atoms with Gasteiger partial charge in [-0.1, -0.05) is 11.6 Å². The fourth-order valence-electron chi connectivity index (χ4n) is 3.55. The van der Waals surface area contributed by atoms with Crippen LogP contribution < -0.4 is 0 Å². The highest BCUT2D eigenvalue weighted by Gasteiger charge is 2.45. The summed E-state index contributed by atoms with van der Waals surface area (Å²) in [7, 11) is -4.48. The van der Waals surface area contributed by atoms with Crippen molar-refractivity contribution >= 4 is 27.4 Å². The lowest BCUT2D eigenvalue weighted by Crippen LogP contribution is -2.53. The van der Waals surface area contributed by atoms with Crippen molar-refractivity contribution < 1.29 is 31.1 Å². The summed E-state index contributed by atoms with van der Waals surface area (Å²) in [4.78, 5) is 11.2. The highest BCUT2D eigenvalue weighted by Crippen LogP contribution is 2.39. The number of ketones is 1. The van der Waals surface area contributed by atoms with Gasteiger partial charge >= 0.3 is 6.18 Å². The smallest absolute Gasteiger partial charge is 0.378 e. The zero-order chi connectivity index (χ0) is 19.1. The van der Waals surface area contributed by atoms with Crippen LogP contribution in [0.3, 0.4) is 0 Å². The van der Waals surface area contributed by atoms with Crippen LogP contribution in [0.2, 0.25) is 5.02 Å². The number of carbonyl (C=O) groups is 1. The summed E-state index contributed by atoms with van der Waals surface area (Å²) in [6, 6.07) is 1.79. The van der Waals surface area contributed by atoms with Crippen LogP contribution in [0, 0.1) is 5.92 Å². The third-order valence-corrected chi connectivity index (χ3v) is 6.98. The second-order valence-corrected chi connectivity index (χ2v) is 8.66. The zero-order valence-electron chi connectivity index (χ0n) is 13.6. The predicted octanol–water partition coefficient (Wildman–Crippen LogP) is 3.12. The first-order chi connectivity index (χ1) is 12.1. The number of hydrogen-bond donors (Lipinski definition) is 0. The molecule has 2 atom stereocenters. The summed E-state index contributed by atoms with van der Waals surface area (Å²) >= 11 is 5.64. The van der Waals surface area contributed by atoms with Crippen LogP contribution in [0.25, 0.3) is 0 Å². The molecule has 0 amide bonds. The van der Waals surface area contributed by atoms with Crippen molar-refractivity contribution in [2.75, 3.05) is 19.8 Å². The number of sulfonamides is 1. The summed E-state index contributed by atoms with van der Waals surface area (Å²) in [6.45, 7) is -0.0487. The van der Waals surface area contributed by atoms with Crippen LogP contribution in [0.15, 0.2) is 23.1 Å². The van der Waals surface area contributed by atoms with Crippen LogP contribution >= 0.6 is 11.6 Å². The molecule has 0 unspecified atom stereocenters. The van der Waals surface area contributed by atoms with Gasteiger partial charge in [0.1, 0.15) is 5.78 Å². The monoisotopic (exact) mass is 411 g/mol. The zero-order valence-corrected chi connectivity index (χ0v) is 15.2. The summed E-state index contributed by atoms with van der Waals surface area (Å²) in [6.07, 6.45) is -3.38. The SMILES string of the molecule is O=C1CCC[C@H]1[C@@H]1COCCN1S(=O)(=O)c1ccc(Cl)cc1C(F)(F)F. The van der Waals surface area contributed by atoms with E-state index in [-0.39, 0.29) is 30.6 Å². The van der Waals surface area contributed by atoms with E-state index in [1.54, 1.807) is 0 Å². The lowest BCUT2D eigenvalue weighted by atomic mass is 9.97. The second kappa shape index (κ2) is 7.10. The highest BCUT2D eigenvalue weighted by molar-refractivity contribution is 7.89. The van der Waals surface area contributed by atoms with Gasteiger partial charge in [-0.2, -0.15) is 17.5 Å². The van der Waals surface area contributed by atoms with E-state index < -0.39 is 38.6 Å². The quantitative estimate of drug-likeness (QED) is 0.766. The molecule has 0 aromatic heterocycles. The van der Waals surface area contributed by atoms with E-state index in [9.17, 15) is 26.4 Å². The van der Waals surface area contributed by atoms with E-state index in [2.05, 4.69) is 0 Å². The van der Waals surface area contributed by atoms with Gasteiger partial charge in [0.25, 0.3) is 0 Å². The Morgan fingerprint density at radius 3 is 2.62 bits per heavy atom. The molecule has 1 aliphatic heterocycles. The molecule has 26 heavy (non-hydrogen) atoms. The minimum absolute atomic E-state index is 0.00935. The topological polar surface area (TPSA) is 63.7 Å². The lowest BCUT2D eigenvalue weighted by molar-refractivity contribution is -0.140. The number of alkyl halides is 3. The number of hydrogen-bond acceptors (Lipinski definition) is 4. The van der Waals surface area contributed by atoms with Gasteiger partial charge < -0.3 is 4.74 Å². The van der Waals surface area contributed by atoms with Gasteiger partial charge in [0, 0.05) is 23.9 Å².